The molecule has 1 atom stereocenters. The molecule has 3 aromatic rings. The second kappa shape index (κ2) is 9.38. The normalized spacial score (nSPS) is 14.7. The molecule has 0 amide bonds. The topological polar surface area (TPSA) is 76.1 Å². The number of aromatic nitrogens is 2. The highest BCUT2D eigenvalue weighted by Crippen LogP contribution is 2.28. The van der Waals surface area contributed by atoms with E-state index in [9.17, 15) is 13.0 Å². The third kappa shape index (κ3) is 5.35. The molecule has 31 heavy (non-hydrogen) atoms. The Labute approximate surface area is 181 Å². The van der Waals surface area contributed by atoms with Crippen molar-refractivity contribution in [1.29, 1.82) is 0 Å². The van der Waals surface area contributed by atoms with Crippen molar-refractivity contribution in [3.8, 4) is 17.0 Å². The molecule has 0 saturated carbocycles. The van der Waals surface area contributed by atoms with E-state index in [2.05, 4.69) is 20.6 Å². The molecular weight excluding hydrogens is 422 g/mol. The summed E-state index contributed by atoms with van der Waals surface area (Å²) >= 11 is 0. The predicted octanol–water partition coefficient (Wildman–Crippen LogP) is 4.63. The van der Waals surface area contributed by atoms with Gasteiger partial charge in [-0.15, -0.1) is 0 Å². The van der Waals surface area contributed by atoms with Gasteiger partial charge in [0.2, 0.25) is 5.95 Å². The van der Waals surface area contributed by atoms with E-state index >= 15 is 0 Å². The number of rotatable bonds is 2. The van der Waals surface area contributed by atoms with Crippen LogP contribution in [0.2, 0.25) is 0 Å². The van der Waals surface area contributed by atoms with Crippen LogP contribution in [0.4, 0.5) is 26.1 Å². The number of halogens is 2. The molecule has 1 aromatic heterocycles. The lowest BCUT2D eigenvalue weighted by atomic mass is 10.1. The molecule has 162 valence electrons. The van der Waals surface area contributed by atoms with Crippen molar-refractivity contribution in [3.05, 3.63) is 59.8 Å². The maximum atomic E-state index is 14.5. The first-order chi connectivity index (χ1) is 15.0. The van der Waals surface area contributed by atoms with Crippen LogP contribution in [0.25, 0.3) is 11.3 Å². The molecule has 2 heterocycles. The maximum Gasteiger partial charge on any atom is 0.227 e. The van der Waals surface area contributed by atoms with E-state index in [0.29, 0.717) is 41.6 Å². The lowest BCUT2D eigenvalue weighted by Gasteiger charge is -2.14. The fraction of sp³-hybridized carbons (Fsp3) is 0.273. The Kier molecular flexibility index (Phi) is 6.41. The van der Waals surface area contributed by atoms with E-state index in [1.807, 2.05) is 12.1 Å². The summed E-state index contributed by atoms with van der Waals surface area (Å²) in [7, 11) is -1.02. The average molecular weight is 445 g/mol. The number of hydrogen-bond acceptors (Lipinski definition) is 6. The molecule has 4 rings (SSSR count). The molecule has 6 bridgehead atoms. The van der Waals surface area contributed by atoms with Crippen LogP contribution >= 0.6 is 0 Å². The molecule has 1 unspecified atom stereocenters. The first kappa shape index (κ1) is 21.2. The minimum absolute atomic E-state index is 0.0648. The van der Waals surface area contributed by atoms with Crippen LogP contribution in [0.15, 0.2) is 42.6 Å². The fourth-order valence-corrected chi connectivity index (χ4v) is 3.98. The Bertz CT molecular complexity index is 1130. The molecule has 2 aromatic carbocycles. The minimum Gasteiger partial charge on any atom is -0.494 e. The molecule has 2 N–H and O–H groups in total. The smallest absolute Gasteiger partial charge is 0.227 e. The van der Waals surface area contributed by atoms with Gasteiger partial charge < -0.3 is 15.4 Å². The second-order valence-corrected chi connectivity index (χ2v) is 8.71. The van der Waals surface area contributed by atoms with Crippen LogP contribution in [0, 0.1) is 11.6 Å². The number of ether oxygens (including phenoxy) is 1. The second-order valence-electron chi connectivity index (χ2n) is 7.28. The predicted molar refractivity (Wildman–Crippen MR) is 118 cm³/mol. The van der Waals surface area contributed by atoms with Gasteiger partial charge in [0.1, 0.15) is 17.3 Å². The van der Waals surface area contributed by atoms with Gasteiger partial charge in [0, 0.05) is 46.7 Å². The van der Waals surface area contributed by atoms with Crippen LogP contribution < -0.4 is 15.4 Å². The standard InChI is InChI=1S/C22H22F2N4O2S/c1-31(29)13-14-8-16-11-17(9-14)30-7-3-2-6-25-20-10-15(4-5-18(20)23)21-19(24)12-26-22(27-16)28-21/h4-5,8-12,25H,2-3,6-7,13H2,1H3,(H,26,27,28). The zero-order chi connectivity index (χ0) is 21.8. The van der Waals surface area contributed by atoms with Crippen molar-refractivity contribution in [2.24, 2.45) is 0 Å². The Morgan fingerprint density at radius 1 is 1.13 bits per heavy atom. The van der Waals surface area contributed by atoms with E-state index in [1.165, 1.54) is 12.1 Å². The minimum atomic E-state index is -1.02. The van der Waals surface area contributed by atoms with Gasteiger partial charge in [0.05, 0.1) is 18.5 Å². The molecular formula is C22H22F2N4O2S. The fourth-order valence-electron chi connectivity index (χ4n) is 3.34. The zero-order valence-electron chi connectivity index (χ0n) is 17.0. The molecule has 0 fully saturated rings. The van der Waals surface area contributed by atoms with Crippen molar-refractivity contribution < 1.29 is 17.7 Å². The summed E-state index contributed by atoms with van der Waals surface area (Å²) in [4.78, 5) is 8.33. The molecule has 0 radical (unpaired) electrons. The zero-order valence-corrected chi connectivity index (χ0v) is 17.8. The summed E-state index contributed by atoms with van der Waals surface area (Å²) < 4.78 is 46.3. The molecule has 1 aliphatic heterocycles. The van der Waals surface area contributed by atoms with Gasteiger partial charge in [-0.1, -0.05) is 0 Å². The summed E-state index contributed by atoms with van der Waals surface area (Å²) in [5.74, 6) is 0.171. The maximum absolute atomic E-state index is 14.5. The van der Waals surface area contributed by atoms with Crippen molar-refractivity contribution in [2.45, 2.75) is 18.6 Å². The number of anilines is 3. The van der Waals surface area contributed by atoms with Crippen LogP contribution in [-0.2, 0) is 16.6 Å². The van der Waals surface area contributed by atoms with Gasteiger partial charge in [-0.05, 0) is 48.7 Å². The quantitative estimate of drug-likeness (QED) is 0.600. The average Bonchev–Trinajstić information content (AvgIpc) is 2.72. The Hall–Kier alpha value is -3.07. The van der Waals surface area contributed by atoms with Gasteiger partial charge in [0.15, 0.2) is 5.82 Å². The molecule has 6 nitrogen and oxygen atoms in total. The lowest BCUT2D eigenvalue weighted by Crippen LogP contribution is -2.08. The van der Waals surface area contributed by atoms with E-state index in [-0.39, 0.29) is 11.6 Å². The van der Waals surface area contributed by atoms with E-state index in [4.69, 9.17) is 4.74 Å². The molecule has 9 heteroatoms. The summed E-state index contributed by atoms with van der Waals surface area (Å²) in [6.07, 6.45) is 4.24. The van der Waals surface area contributed by atoms with E-state index in [1.54, 1.807) is 18.4 Å². The van der Waals surface area contributed by atoms with Gasteiger partial charge in [0.25, 0.3) is 0 Å². The SMILES string of the molecule is CS(=O)Cc1cc2cc(c1)OCCCCNc1cc(ccc1F)-c1nc(ncc1F)N2. The number of benzene rings is 2. The first-order valence-electron chi connectivity index (χ1n) is 9.88. The Morgan fingerprint density at radius 3 is 2.84 bits per heavy atom. The third-order valence-corrected chi connectivity index (χ3v) is 5.47. The van der Waals surface area contributed by atoms with Gasteiger partial charge in [-0.3, -0.25) is 4.21 Å². The van der Waals surface area contributed by atoms with Gasteiger partial charge in [-0.25, -0.2) is 18.7 Å². The number of nitrogens with one attached hydrogen (secondary N) is 2. The highest BCUT2D eigenvalue weighted by Gasteiger charge is 2.14. The van der Waals surface area contributed by atoms with Crippen molar-refractivity contribution >= 4 is 28.1 Å². The largest absolute Gasteiger partial charge is 0.494 e. The first-order valence-corrected chi connectivity index (χ1v) is 11.6. The van der Waals surface area contributed by atoms with Crippen molar-refractivity contribution in [3.63, 3.8) is 0 Å². The van der Waals surface area contributed by atoms with Crippen LogP contribution in [0.3, 0.4) is 0 Å². The summed E-state index contributed by atoms with van der Waals surface area (Å²) in [5, 5.41) is 6.12. The van der Waals surface area contributed by atoms with Crippen LogP contribution in [0.5, 0.6) is 5.75 Å². The molecule has 0 saturated heterocycles. The summed E-state index contributed by atoms with van der Waals surface area (Å²) in [6, 6.07) is 9.81. The van der Waals surface area contributed by atoms with Crippen molar-refractivity contribution in [2.75, 3.05) is 30.0 Å². The monoisotopic (exact) mass is 444 g/mol. The summed E-state index contributed by atoms with van der Waals surface area (Å²) in [5.41, 5.74) is 2.28. The van der Waals surface area contributed by atoms with Crippen molar-refractivity contribution in [1.82, 2.24) is 9.97 Å². The van der Waals surface area contributed by atoms with Crippen LogP contribution in [-0.4, -0.2) is 33.6 Å². The Balaban J connectivity index is 1.76. The number of hydrogen-bond donors (Lipinski definition) is 2. The number of fused-ring (bicyclic) bond motifs is 7. The molecule has 1 aliphatic rings. The van der Waals surface area contributed by atoms with E-state index in [0.717, 1.165) is 24.6 Å². The Morgan fingerprint density at radius 2 is 2.00 bits per heavy atom. The molecule has 0 aliphatic carbocycles. The van der Waals surface area contributed by atoms with Crippen LogP contribution in [0.1, 0.15) is 18.4 Å². The highest BCUT2D eigenvalue weighted by molar-refractivity contribution is 7.83. The van der Waals surface area contributed by atoms with Gasteiger partial charge >= 0.3 is 0 Å². The van der Waals surface area contributed by atoms with E-state index < -0.39 is 22.4 Å². The third-order valence-electron chi connectivity index (χ3n) is 4.73. The summed E-state index contributed by atoms with van der Waals surface area (Å²) in [6.45, 7) is 1.03. The number of nitrogens with zero attached hydrogens (tertiary/aromatic N) is 2. The highest BCUT2D eigenvalue weighted by atomic mass is 32.2. The lowest BCUT2D eigenvalue weighted by molar-refractivity contribution is 0.308. The van der Waals surface area contributed by atoms with Gasteiger partial charge in [-0.2, -0.15) is 0 Å². The molecule has 0 spiro atoms.